The summed E-state index contributed by atoms with van der Waals surface area (Å²) in [6.07, 6.45) is 1.09. The minimum atomic E-state index is 0.498. The van der Waals surface area contributed by atoms with Gasteiger partial charge in [0.1, 0.15) is 0 Å². The molecule has 0 amide bonds. The molecule has 0 radical (unpaired) electrons. The maximum absolute atomic E-state index is 3.59. The topological polar surface area (TPSA) is 15.3 Å². The Morgan fingerprint density at radius 3 is 2.76 bits per heavy atom. The molecule has 2 nitrogen and oxygen atoms in total. The number of halogens is 1. The lowest BCUT2D eigenvalue weighted by atomic mass is 10.1. The molecule has 4 heteroatoms. The van der Waals surface area contributed by atoms with Crippen LogP contribution in [0.1, 0.15) is 24.3 Å². The van der Waals surface area contributed by atoms with Crippen LogP contribution in [0.4, 0.5) is 5.69 Å². The molecule has 2 rings (SSSR count). The molecule has 0 atom stereocenters. The Labute approximate surface area is 140 Å². The summed E-state index contributed by atoms with van der Waals surface area (Å²) in [4.78, 5) is 3.79. The molecule has 1 heterocycles. The third kappa shape index (κ3) is 5.13. The summed E-state index contributed by atoms with van der Waals surface area (Å²) in [5.74, 6) is 0. The van der Waals surface area contributed by atoms with E-state index in [-0.39, 0.29) is 0 Å². The van der Waals surface area contributed by atoms with Crippen molar-refractivity contribution in [1.82, 2.24) is 5.32 Å². The lowest BCUT2D eigenvalue weighted by Crippen LogP contribution is -2.25. The maximum Gasteiger partial charge on any atom is 0.0420 e. The van der Waals surface area contributed by atoms with Gasteiger partial charge in [0, 0.05) is 41.2 Å². The molecule has 0 bridgehead atoms. The summed E-state index contributed by atoms with van der Waals surface area (Å²) in [6.45, 7) is 6.30. The van der Waals surface area contributed by atoms with Gasteiger partial charge in [-0.1, -0.05) is 41.9 Å². The SMILES string of the molecule is CC(C)NCc1ccc(Br)cc1N(C)CCc1cccs1. The van der Waals surface area contributed by atoms with Crippen LogP contribution in [0.2, 0.25) is 0 Å². The van der Waals surface area contributed by atoms with Gasteiger partial charge in [-0.15, -0.1) is 11.3 Å². The lowest BCUT2D eigenvalue weighted by Gasteiger charge is -2.23. The maximum atomic E-state index is 3.59. The number of thiophene rings is 1. The van der Waals surface area contributed by atoms with Crippen molar-refractivity contribution >= 4 is 33.0 Å². The standard InChI is InChI=1S/C17H23BrN2S/c1-13(2)19-12-14-6-7-15(18)11-17(14)20(3)9-8-16-5-4-10-21-16/h4-7,10-11,13,19H,8-9,12H2,1-3H3. The van der Waals surface area contributed by atoms with Crippen LogP contribution in [-0.4, -0.2) is 19.6 Å². The molecule has 0 spiro atoms. The minimum Gasteiger partial charge on any atom is -0.374 e. The van der Waals surface area contributed by atoms with E-state index in [9.17, 15) is 0 Å². The second-order valence-corrected chi connectivity index (χ2v) is 7.51. The third-order valence-electron chi connectivity index (χ3n) is 3.43. The summed E-state index contributed by atoms with van der Waals surface area (Å²) in [6, 6.07) is 11.4. The Morgan fingerprint density at radius 1 is 1.29 bits per heavy atom. The van der Waals surface area contributed by atoms with Gasteiger partial charge in [-0.3, -0.25) is 0 Å². The number of likely N-dealkylation sites (N-methyl/N-ethyl adjacent to an activating group) is 1. The van der Waals surface area contributed by atoms with E-state index in [1.807, 2.05) is 11.3 Å². The van der Waals surface area contributed by atoms with E-state index >= 15 is 0 Å². The predicted octanol–water partition coefficient (Wildman–Crippen LogP) is 4.69. The van der Waals surface area contributed by atoms with Gasteiger partial charge >= 0.3 is 0 Å². The van der Waals surface area contributed by atoms with Crippen molar-refractivity contribution in [2.45, 2.75) is 32.9 Å². The first-order valence-electron chi connectivity index (χ1n) is 7.31. The van der Waals surface area contributed by atoms with Gasteiger partial charge in [0.25, 0.3) is 0 Å². The number of nitrogens with zero attached hydrogens (tertiary/aromatic N) is 1. The number of hydrogen-bond acceptors (Lipinski definition) is 3. The molecular formula is C17H23BrN2S. The summed E-state index contributed by atoms with van der Waals surface area (Å²) in [7, 11) is 2.17. The Kier molecular flexibility index (Phi) is 6.27. The van der Waals surface area contributed by atoms with Gasteiger partial charge in [-0.25, -0.2) is 0 Å². The fourth-order valence-corrected chi connectivity index (χ4v) is 3.26. The minimum absolute atomic E-state index is 0.498. The average Bonchev–Trinajstić information content (AvgIpc) is 2.96. The van der Waals surface area contributed by atoms with Gasteiger partial charge in [0.15, 0.2) is 0 Å². The Balaban J connectivity index is 2.06. The van der Waals surface area contributed by atoms with Crippen LogP contribution in [0.15, 0.2) is 40.2 Å². The molecule has 0 unspecified atom stereocenters. The number of benzene rings is 1. The first kappa shape index (κ1) is 16.5. The number of anilines is 1. The van der Waals surface area contributed by atoms with Gasteiger partial charge in [-0.05, 0) is 35.6 Å². The van der Waals surface area contributed by atoms with Crippen LogP contribution in [-0.2, 0) is 13.0 Å². The van der Waals surface area contributed by atoms with Crippen LogP contribution < -0.4 is 10.2 Å². The summed E-state index contributed by atoms with van der Waals surface area (Å²) in [5, 5.41) is 5.65. The molecule has 0 saturated heterocycles. The highest BCUT2D eigenvalue weighted by Crippen LogP contribution is 2.25. The Morgan fingerprint density at radius 2 is 2.10 bits per heavy atom. The van der Waals surface area contributed by atoms with Crippen LogP contribution >= 0.6 is 27.3 Å². The van der Waals surface area contributed by atoms with Crippen molar-refractivity contribution in [3.8, 4) is 0 Å². The average molecular weight is 367 g/mol. The first-order chi connectivity index (χ1) is 10.1. The van der Waals surface area contributed by atoms with Crippen LogP contribution in [0, 0.1) is 0 Å². The normalized spacial score (nSPS) is 11.1. The highest BCUT2D eigenvalue weighted by Gasteiger charge is 2.09. The van der Waals surface area contributed by atoms with Crippen LogP contribution in [0.5, 0.6) is 0 Å². The molecule has 21 heavy (non-hydrogen) atoms. The van der Waals surface area contributed by atoms with Crippen molar-refractivity contribution in [3.05, 3.63) is 50.6 Å². The summed E-state index contributed by atoms with van der Waals surface area (Å²) < 4.78 is 1.13. The van der Waals surface area contributed by atoms with Crippen molar-refractivity contribution < 1.29 is 0 Å². The van der Waals surface area contributed by atoms with Crippen molar-refractivity contribution in [2.24, 2.45) is 0 Å². The Bertz CT molecular complexity index is 552. The lowest BCUT2D eigenvalue weighted by molar-refractivity contribution is 0.588. The Hall–Kier alpha value is -0.840. The zero-order chi connectivity index (χ0) is 15.2. The molecule has 0 aliphatic carbocycles. The van der Waals surface area contributed by atoms with Crippen molar-refractivity contribution in [1.29, 1.82) is 0 Å². The second-order valence-electron chi connectivity index (χ2n) is 5.56. The molecule has 1 aromatic heterocycles. The number of hydrogen-bond donors (Lipinski definition) is 1. The fraction of sp³-hybridized carbons (Fsp3) is 0.412. The second kappa shape index (κ2) is 7.97. The van der Waals surface area contributed by atoms with E-state index < -0.39 is 0 Å². The zero-order valence-corrected chi connectivity index (χ0v) is 15.3. The van der Waals surface area contributed by atoms with E-state index in [2.05, 4.69) is 82.8 Å². The highest BCUT2D eigenvalue weighted by atomic mass is 79.9. The van der Waals surface area contributed by atoms with Crippen LogP contribution in [0.3, 0.4) is 0 Å². The van der Waals surface area contributed by atoms with E-state index in [0.29, 0.717) is 6.04 Å². The smallest absolute Gasteiger partial charge is 0.0420 e. The summed E-state index contributed by atoms with van der Waals surface area (Å²) in [5.41, 5.74) is 2.65. The molecule has 0 aliphatic rings. The van der Waals surface area contributed by atoms with Crippen molar-refractivity contribution in [2.75, 3.05) is 18.5 Å². The largest absolute Gasteiger partial charge is 0.374 e. The van der Waals surface area contributed by atoms with E-state index in [1.54, 1.807) is 0 Å². The van der Waals surface area contributed by atoms with E-state index in [0.717, 1.165) is 24.0 Å². The van der Waals surface area contributed by atoms with Gasteiger partial charge in [0.2, 0.25) is 0 Å². The monoisotopic (exact) mass is 366 g/mol. The van der Waals surface area contributed by atoms with Gasteiger partial charge in [0.05, 0.1) is 0 Å². The van der Waals surface area contributed by atoms with E-state index in [4.69, 9.17) is 0 Å². The number of rotatable bonds is 7. The molecule has 2 aromatic rings. The first-order valence-corrected chi connectivity index (χ1v) is 8.99. The van der Waals surface area contributed by atoms with Gasteiger partial charge < -0.3 is 10.2 Å². The van der Waals surface area contributed by atoms with E-state index in [1.165, 1.54) is 16.1 Å². The molecule has 1 aromatic carbocycles. The quantitative estimate of drug-likeness (QED) is 0.764. The fourth-order valence-electron chi connectivity index (χ4n) is 2.21. The van der Waals surface area contributed by atoms with Crippen LogP contribution in [0.25, 0.3) is 0 Å². The third-order valence-corrected chi connectivity index (χ3v) is 4.86. The zero-order valence-electron chi connectivity index (χ0n) is 12.9. The molecule has 114 valence electrons. The molecule has 0 fully saturated rings. The number of nitrogens with one attached hydrogen (secondary N) is 1. The highest BCUT2D eigenvalue weighted by molar-refractivity contribution is 9.10. The molecule has 0 aliphatic heterocycles. The molecule has 1 N–H and O–H groups in total. The molecule has 0 saturated carbocycles. The summed E-state index contributed by atoms with van der Waals surface area (Å²) >= 11 is 5.42. The van der Waals surface area contributed by atoms with Gasteiger partial charge in [-0.2, -0.15) is 0 Å². The molecular weight excluding hydrogens is 344 g/mol. The predicted molar refractivity (Wildman–Crippen MR) is 97.4 cm³/mol. The van der Waals surface area contributed by atoms with Crippen molar-refractivity contribution in [3.63, 3.8) is 0 Å².